The SMILES string of the molecule is O=C(Nc1ccc(Cl)cn1)C1CCN(C(=O)C2CCN(c3ccc(Cl)cc3)C2=O)CC1. The highest BCUT2D eigenvalue weighted by atomic mass is 35.5. The first-order chi connectivity index (χ1) is 14.9. The predicted molar refractivity (Wildman–Crippen MR) is 119 cm³/mol. The highest BCUT2D eigenvalue weighted by molar-refractivity contribution is 6.30. The van der Waals surface area contributed by atoms with Gasteiger partial charge in [0, 0.05) is 42.5 Å². The maximum atomic E-state index is 13.0. The molecule has 4 rings (SSSR count). The summed E-state index contributed by atoms with van der Waals surface area (Å²) in [5, 5.41) is 3.89. The average Bonchev–Trinajstić information content (AvgIpc) is 3.16. The third-order valence-electron chi connectivity index (χ3n) is 5.80. The average molecular weight is 461 g/mol. The fourth-order valence-electron chi connectivity index (χ4n) is 4.05. The predicted octanol–water partition coefficient (Wildman–Crippen LogP) is 3.62. The molecule has 1 atom stereocenters. The first-order valence-electron chi connectivity index (χ1n) is 10.2. The Hall–Kier alpha value is -2.64. The minimum atomic E-state index is -0.667. The van der Waals surface area contributed by atoms with Crippen LogP contribution in [-0.2, 0) is 14.4 Å². The number of aromatic nitrogens is 1. The van der Waals surface area contributed by atoms with Crippen LogP contribution >= 0.6 is 23.2 Å². The van der Waals surface area contributed by atoms with Crippen LogP contribution in [0.4, 0.5) is 11.5 Å². The minimum Gasteiger partial charge on any atom is -0.342 e. The Balaban J connectivity index is 1.31. The molecular weight excluding hydrogens is 439 g/mol. The monoisotopic (exact) mass is 460 g/mol. The summed E-state index contributed by atoms with van der Waals surface area (Å²) in [5.74, 6) is -0.870. The van der Waals surface area contributed by atoms with Crippen LogP contribution in [0.5, 0.6) is 0 Å². The molecule has 1 aromatic carbocycles. The molecular formula is C22H22Cl2N4O3. The molecule has 7 nitrogen and oxygen atoms in total. The Kier molecular flexibility index (Phi) is 6.43. The van der Waals surface area contributed by atoms with E-state index in [0.29, 0.717) is 54.8 Å². The third kappa shape index (κ3) is 4.83. The molecule has 1 unspecified atom stereocenters. The number of benzene rings is 1. The van der Waals surface area contributed by atoms with Crippen LogP contribution in [0.3, 0.4) is 0 Å². The van der Waals surface area contributed by atoms with Crippen molar-refractivity contribution >= 4 is 52.4 Å². The van der Waals surface area contributed by atoms with Crippen molar-refractivity contribution in [2.24, 2.45) is 11.8 Å². The lowest BCUT2D eigenvalue weighted by Gasteiger charge is -2.32. The molecule has 31 heavy (non-hydrogen) atoms. The summed E-state index contributed by atoms with van der Waals surface area (Å²) >= 11 is 11.7. The first-order valence-corrected chi connectivity index (χ1v) is 11.0. The van der Waals surface area contributed by atoms with E-state index in [1.165, 1.54) is 6.20 Å². The number of carbonyl (C=O) groups excluding carboxylic acids is 3. The molecule has 0 bridgehead atoms. The number of amides is 3. The van der Waals surface area contributed by atoms with Crippen molar-refractivity contribution < 1.29 is 14.4 Å². The molecule has 2 aliphatic rings. The summed E-state index contributed by atoms with van der Waals surface area (Å²) in [6, 6.07) is 10.3. The summed E-state index contributed by atoms with van der Waals surface area (Å²) < 4.78 is 0. The van der Waals surface area contributed by atoms with Crippen molar-refractivity contribution in [3.8, 4) is 0 Å². The summed E-state index contributed by atoms with van der Waals surface area (Å²) in [7, 11) is 0. The number of nitrogens with one attached hydrogen (secondary N) is 1. The molecule has 1 aromatic heterocycles. The van der Waals surface area contributed by atoms with E-state index >= 15 is 0 Å². The summed E-state index contributed by atoms with van der Waals surface area (Å²) in [5.41, 5.74) is 0.746. The Morgan fingerprint density at radius 3 is 2.26 bits per heavy atom. The number of rotatable bonds is 4. The van der Waals surface area contributed by atoms with Crippen LogP contribution in [0, 0.1) is 11.8 Å². The second-order valence-corrected chi connectivity index (χ2v) is 8.63. The van der Waals surface area contributed by atoms with Gasteiger partial charge in [0.2, 0.25) is 17.7 Å². The smallest absolute Gasteiger partial charge is 0.239 e. The van der Waals surface area contributed by atoms with E-state index in [1.807, 2.05) is 0 Å². The van der Waals surface area contributed by atoms with Crippen molar-refractivity contribution in [1.29, 1.82) is 0 Å². The number of hydrogen-bond donors (Lipinski definition) is 1. The molecule has 2 fully saturated rings. The van der Waals surface area contributed by atoms with Crippen molar-refractivity contribution in [2.45, 2.75) is 19.3 Å². The van der Waals surface area contributed by atoms with Gasteiger partial charge in [0.1, 0.15) is 11.7 Å². The number of pyridine rings is 1. The fourth-order valence-corrected chi connectivity index (χ4v) is 4.28. The molecule has 0 radical (unpaired) electrons. The van der Waals surface area contributed by atoms with Crippen molar-refractivity contribution in [1.82, 2.24) is 9.88 Å². The normalized spacial score (nSPS) is 19.5. The molecule has 0 aliphatic carbocycles. The van der Waals surface area contributed by atoms with Gasteiger partial charge in [-0.15, -0.1) is 0 Å². The standard InChI is InChI=1S/C22H22Cl2N4O3/c23-15-1-4-17(5-2-15)28-12-9-18(22(28)31)21(30)27-10-7-14(8-11-27)20(29)26-19-6-3-16(24)13-25-19/h1-6,13-14,18H,7-12H2,(H,25,26,29). The van der Waals surface area contributed by atoms with E-state index in [0.717, 1.165) is 5.69 Å². The van der Waals surface area contributed by atoms with E-state index in [-0.39, 0.29) is 23.6 Å². The van der Waals surface area contributed by atoms with Crippen molar-refractivity contribution in [3.63, 3.8) is 0 Å². The van der Waals surface area contributed by atoms with Crippen LogP contribution in [0.2, 0.25) is 10.0 Å². The van der Waals surface area contributed by atoms with Gasteiger partial charge in [0.15, 0.2) is 0 Å². The first kappa shape index (κ1) is 21.6. The van der Waals surface area contributed by atoms with Gasteiger partial charge < -0.3 is 15.1 Å². The molecule has 9 heteroatoms. The van der Waals surface area contributed by atoms with Crippen molar-refractivity contribution in [3.05, 3.63) is 52.6 Å². The van der Waals surface area contributed by atoms with Crippen molar-refractivity contribution in [2.75, 3.05) is 29.9 Å². The number of piperidine rings is 1. The lowest BCUT2D eigenvalue weighted by molar-refractivity contribution is -0.142. The molecule has 3 amide bonds. The van der Waals surface area contributed by atoms with E-state index in [2.05, 4.69) is 10.3 Å². The zero-order valence-electron chi connectivity index (χ0n) is 16.8. The fraction of sp³-hybridized carbons (Fsp3) is 0.364. The van der Waals surface area contributed by atoms with E-state index in [1.54, 1.807) is 46.2 Å². The van der Waals surface area contributed by atoms with Gasteiger partial charge in [-0.05, 0) is 55.7 Å². The maximum absolute atomic E-state index is 13.0. The zero-order chi connectivity index (χ0) is 22.0. The third-order valence-corrected chi connectivity index (χ3v) is 6.27. The van der Waals surface area contributed by atoms with Gasteiger partial charge in [-0.25, -0.2) is 4.98 Å². The molecule has 2 aliphatic heterocycles. The lowest BCUT2D eigenvalue weighted by atomic mass is 9.94. The zero-order valence-corrected chi connectivity index (χ0v) is 18.3. The largest absolute Gasteiger partial charge is 0.342 e. The van der Waals surface area contributed by atoms with Gasteiger partial charge in [0.05, 0.1) is 5.02 Å². The Labute approximate surface area is 190 Å². The van der Waals surface area contributed by atoms with E-state index in [9.17, 15) is 14.4 Å². The van der Waals surface area contributed by atoms with Crippen LogP contribution in [0.1, 0.15) is 19.3 Å². The quantitative estimate of drug-likeness (QED) is 0.706. The highest BCUT2D eigenvalue weighted by Crippen LogP contribution is 2.29. The summed E-state index contributed by atoms with van der Waals surface area (Å²) in [6.45, 7) is 1.41. The van der Waals surface area contributed by atoms with Gasteiger partial charge in [0.25, 0.3) is 0 Å². The van der Waals surface area contributed by atoms with Gasteiger partial charge in [-0.2, -0.15) is 0 Å². The van der Waals surface area contributed by atoms with Crippen LogP contribution in [0.15, 0.2) is 42.6 Å². The van der Waals surface area contributed by atoms with E-state index in [4.69, 9.17) is 23.2 Å². The molecule has 0 spiro atoms. The number of halogens is 2. The summed E-state index contributed by atoms with van der Waals surface area (Å²) in [6.07, 6.45) is 3.06. The molecule has 1 N–H and O–H groups in total. The number of hydrogen-bond acceptors (Lipinski definition) is 4. The molecule has 162 valence electrons. The maximum Gasteiger partial charge on any atom is 0.239 e. The highest BCUT2D eigenvalue weighted by Gasteiger charge is 2.40. The van der Waals surface area contributed by atoms with E-state index < -0.39 is 5.92 Å². The Morgan fingerprint density at radius 1 is 0.935 bits per heavy atom. The molecule has 0 saturated carbocycles. The lowest BCUT2D eigenvalue weighted by Crippen LogP contribution is -2.45. The summed E-state index contributed by atoms with van der Waals surface area (Å²) in [4.78, 5) is 45.7. The topological polar surface area (TPSA) is 82.6 Å². The number of likely N-dealkylation sites (tertiary alicyclic amines) is 1. The second kappa shape index (κ2) is 9.24. The number of nitrogens with zero attached hydrogens (tertiary/aromatic N) is 3. The van der Waals surface area contributed by atoms with Crippen LogP contribution in [-0.4, -0.2) is 47.2 Å². The van der Waals surface area contributed by atoms with Gasteiger partial charge in [-0.1, -0.05) is 23.2 Å². The van der Waals surface area contributed by atoms with Gasteiger partial charge in [-0.3, -0.25) is 14.4 Å². The van der Waals surface area contributed by atoms with Crippen LogP contribution in [0.25, 0.3) is 0 Å². The molecule has 2 saturated heterocycles. The Bertz CT molecular complexity index is 973. The van der Waals surface area contributed by atoms with Crippen LogP contribution < -0.4 is 10.2 Å². The number of carbonyl (C=O) groups is 3. The number of anilines is 2. The molecule has 3 heterocycles. The second-order valence-electron chi connectivity index (χ2n) is 7.76. The van der Waals surface area contributed by atoms with Gasteiger partial charge >= 0.3 is 0 Å². The minimum absolute atomic E-state index is 0.118. The Morgan fingerprint density at radius 2 is 1.61 bits per heavy atom. The molecule has 2 aromatic rings.